The number of halogens is 2. The van der Waals surface area contributed by atoms with E-state index >= 15 is 0 Å². The molecule has 0 aliphatic heterocycles. The van der Waals surface area contributed by atoms with Crippen LogP contribution in [0.25, 0.3) is 0 Å². The number of benzene rings is 2. The Balaban J connectivity index is 2.26. The molecule has 0 fully saturated rings. The Bertz CT molecular complexity index is 1220. The zero-order valence-electron chi connectivity index (χ0n) is 22.9. The summed E-state index contributed by atoms with van der Waals surface area (Å²) in [5.74, 6) is -0.439. The van der Waals surface area contributed by atoms with Gasteiger partial charge in [0.2, 0.25) is 21.8 Å². The Kier molecular flexibility index (Phi) is 12.4. The highest BCUT2D eigenvalue weighted by Crippen LogP contribution is 2.26. The maximum atomic E-state index is 13.5. The van der Waals surface area contributed by atoms with Gasteiger partial charge in [0.1, 0.15) is 6.04 Å². The van der Waals surface area contributed by atoms with E-state index in [2.05, 4.69) is 5.32 Å². The van der Waals surface area contributed by atoms with E-state index in [0.29, 0.717) is 35.1 Å². The zero-order valence-corrected chi connectivity index (χ0v) is 25.2. The lowest BCUT2D eigenvalue weighted by molar-refractivity contribution is -0.141. The maximum Gasteiger partial charge on any atom is 0.242 e. The van der Waals surface area contributed by atoms with Gasteiger partial charge in [0.15, 0.2) is 0 Å². The summed E-state index contributed by atoms with van der Waals surface area (Å²) >= 11 is 12.3. The summed E-state index contributed by atoms with van der Waals surface area (Å²) in [5.41, 5.74) is 3.14. The minimum absolute atomic E-state index is 0.0803. The molecule has 0 aliphatic rings. The molecule has 2 aromatic carbocycles. The second kappa shape index (κ2) is 14.8. The van der Waals surface area contributed by atoms with E-state index < -0.39 is 16.1 Å². The maximum absolute atomic E-state index is 13.5. The molecule has 0 radical (unpaired) electrons. The largest absolute Gasteiger partial charge is 0.354 e. The molecular formula is C28H39Cl2N3O4S. The predicted molar refractivity (Wildman–Crippen MR) is 156 cm³/mol. The Morgan fingerprint density at radius 2 is 1.71 bits per heavy atom. The van der Waals surface area contributed by atoms with Crippen molar-refractivity contribution in [3.63, 3.8) is 0 Å². The normalized spacial score (nSPS) is 12.2. The van der Waals surface area contributed by atoms with E-state index in [0.717, 1.165) is 29.5 Å². The molecule has 0 heterocycles. The van der Waals surface area contributed by atoms with Crippen LogP contribution in [-0.4, -0.2) is 50.5 Å². The molecule has 2 aromatic rings. The van der Waals surface area contributed by atoms with Gasteiger partial charge in [-0.3, -0.25) is 13.9 Å². The van der Waals surface area contributed by atoms with Gasteiger partial charge in [-0.2, -0.15) is 0 Å². The van der Waals surface area contributed by atoms with E-state index in [1.165, 1.54) is 10.6 Å². The van der Waals surface area contributed by atoms with Gasteiger partial charge in [0, 0.05) is 26.1 Å². The Labute approximate surface area is 237 Å². The first-order valence-corrected chi connectivity index (χ1v) is 15.6. The van der Waals surface area contributed by atoms with Gasteiger partial charge >= 0.3 is 0 Å². The quantitative estimate of drug-likeness (QED) is 0.281. The summed E-state index contributed by atoms with van der Waals surface area (Å²) in [6.07, 6.45) is 3.77. The second-order valence-electron chi connectivity index (χ2n) is 9.57. The number of nitrogens with zero attached hydrogens (tertiary/aromatic N) is 2. The third kappa shape index (κ3) is 9.17. The molecule has 1 atom stereocenters. The van der Waals surface area contributed by atoms with E-state index in [4.69, 9.17) is 23.2 Å². The van der Waals surface area contributed by atoms with Crippen LogP contribution in [0.5, 0.6) is 0 Å². The highest BCUT2D eigenvalue weighted by Gasteiger charge is 2.29. The van der Waals surface area contributed by atoms with Crippen LogP contribution in [0.1, 0.15) is 62.6 Å². The van der Waals surface area contributed by atoms with Gasteiger partial charge < -0.3 is 10.2 Å². The third-order valence-electron chi connectivity index (χ3n) is 6.34. The van der Waals surface area contributed by atoms with Gasteiger partial charge in [-0.15, -0.1) is 0 Å². The first kappa shape index (κ1) is 31.9. The Morgan fingerprint density at radius 3 is 2.32 bits per heavy atom. The number of amides is 2. The topological polar surface area (TPSA) is 86.8 Å². The molecule has 1 N–H and O–H groups in total. The van der Waals surface area contributed by atoms with Crippen molar-refractivity contribution in [2.24, 2.45) is 0 Å². The van der Waals surface area contributed by atoms with Crippen molar-refractivity contribution in [1.82, 2.24) is 10.2 Å². The molecule has 0 aliphatic carbocycles. The fourth-order valence-corrected chi connectivity index (χ4v) is 5.57. The van der Waals surface area contributed by atoms with Gasteiger partial charge in [-0.1, -0.05) is 61.7 Å². The molecule has 2 amide bonds. The minimum atomic E-state index is -3.56. The number of unbranched alkanes of at least 4 members (excludes halogenated alkanes) is 1. The molecule has 2 rings (SSSR count). The zero-order chi connectivity index (χ0) is 28.5. The summed E-state index contributed by atoms with van der Waals surface area (Å²) in [6, 6.07) is 10.1. The summed E-state index contributed by atoms with van der Waals surface area (Å²) in [4.78, 5) is 28.1. The number of carbonyl (C=O) groups is 2. The number of sulfonamides is 1. The summed E-state index contributed by atoms with van der Waals surface area (Å²) < 4.78 is 26.6. The van der Waals surface area contributed by atoms with Gasteiger partial charge in [0.25, 0.3) is 0 Å². The van der Waals surface area contributed by atoms with Crippen LogP contribution in [0.15, 0.2) is 36.4 Å². The van der Waals surface area contributed by atoms with E-state index in [9.17, 15) is 18.0 Å². The number of carbonyl (C=O) groups excluding carboxylic acids is 2. The first-order chi connectivity index (χ1) is 17.9. The van der Waals surface area contributed by atoms with Crippen molar-refractivity contribution in [1.29, 1.82) is 0 Å². The van der Waals surface area contributed by atoms with Crippen molar-refractivity contribution in [3.8, 4) is 0 Å². The average molecular weight is 585 g/mol. The highest BCUT2D eigenvalue weighted by molar-refractivity contribution is 7.92. The smallest absolute Gasteiger partial charge is 0.242 e. The monoisotopic (exact) mass is 583 g/mol. The fraction of sp³-hybridized carbons (Fsp3) is 0.500. The lowest BCUT2D eigenvalue weighted by atomic mass is 10.1. The van der Waals surface area contributed by atoms with Gasteiger partial charge in [-0.25, -0.2) is 8.42 Å². The Hall–Kier alpha value is -2.29. The second-order valence-corrected chi connectivity index (χ2v) is 12.3. The van der Waals surface area contributed by atoms with Crippen LogP contribution < -0.4 is 9.62 Å². The number of nitrogens with one attached hydrogen (secondary N) is 1. The van der Waals surface area contributed by atoms with Crippen LogP contribution in [0, 0.1) is 13.8 Å². The highest BCUT2D eigenvalue weighted by atomic mass is 35.5. The molecule has 0 spiro atoms. The fourth-order valence-electron chi connectivity index (χ4n) is 4.23. The molecule has 0 saturated heterocycles. The van der Waals surface area contributed by atoms with Crippen molar-refractivity contribution in [2.75, 3.05) is 23.7 Å². The molecule has 0 bridgehead atoms. The first-order valence-electron chi connectivity index (χ1n) is 12.9. The molecule has 0 saturated carbocycles. The van der Waals surface area contributed by atoms with E-state index in [1.54, 1.807) is 23.1 Å². The van der Waals surface area contributed by atoms with Crippen LogP contribution in [0.3, 0.4) is 0 Å². The number of anilines is 1. The molecular weight excluding hydrogens is 545 g/mol. The minimum Gasteiger partial charge on any atom is -0.354 e. The number of hydrogen-bond acceptors (Lipinski definition) is 4. The Morgan fingerprint density at radius 1 is 1.00 bits per heavy atom. The lowest BCUT2D eigenvalue weighted by Gasteiger charge is -2.31. The van der Waals surface area contributed by atoms with E-state index in [-0.39, 0.29) is 31.3 Å². The lowest BCUT2D eigenvalue weighted by Crippen LogP contribution is -2.49. The summed E-state index contributed by atoms with van der Waals surface area (Å²) in [5, 5.41) is 3.71. The molecule has 210 valence electrons. The van der Waals surface area contributed by atoms with Gasteiger partial charge in [0.05, 0.1) is 22.0 Å². The van der Waals surface area contributed by atoms with Crippen LogP contribution in [-0.2, 0) is 26.2 Å². The number of aryl methyl sites for hydroxylation is 2. The molecule has 38 heavy (non-hydrogen) atoms. The molecule has 1 unspecified atom stereocenters. The number of rotatable bonds is 14. The van der Waals surface area contributed by atoms with Crippen molar-refractivity contribution in [3.05, 3.63) is 63.1 Å². The average Bonchev–Trinajstić information content (AvgIpc) is 2.85. The van der Waals surface area contributed by atoms with Crippen molar-refractivity contribution >= 4 is 50.7 Å². The van der Waals surface area contributed by atoms with Crippen LogP contribution in [0.2, 0.25) is 10.0 Å². The standard InChI is InChI=1S/C28H39Cl2N3O4S/c1-6-8-15-31-28(35)25(7-2)32(19-22-13-14-23(29)24(30)18-22)27(34)10-9-16-33(38(5,36)37)26-17-20(3)11-12-21(26)4/h11-14,17-18,25H,6-10,15-16,19H2,1-5H3,(H,31,35). The predicted octanol–water partition coefficient (Wildman–Crippen LogP) is 5.88. The van der Waals surface area contributed by atoms with Crippen molar-refractivity contribution < 1.29 is 18.0 Å². The molecule has 0 aromatic heterocycles. The van der Waals surface area contributed by atoms with Crippen LogP contribution >= 0.6 is 23.2 Å². The van der Waals surface area contributed by atoms with Crippen LogP contribution in [0.4, 0.5) is 5.69 Å². The SMILES string of the molecule is CCCCNC(=O)C(CC)N(Cc1ccc(Cl)c(Cl)c1)C(=O)CCCN(c1cc(C)ccc1C)S(C)(=O)=O. The summed E-state index contributed by atoms with van der Waals surface area (Å²) in [7, 11) is -3.56. The third-order valence-corrected chi connectivity index (χ3v) is 8.26. The number of hydrogen-bond donors (Lipinski definition) is 1. The van der Waals surface area contributed by atoms with E-state index in [1.807, 2.05) is 45.9 Å². The van der Waals surface area contributed by atoms with Crippen molar-refractivity contribution in [2.45, 2.75) is 72.4 Å². The summed E-state index contributed by atoms with van der Waals surface area (Å²) in [6.45, 7) is 8.55. The molecule has 10 heteroatoms. The van der Waals surface area contributed by atoms with Gasteiger partial charge in [-0.05, 0) is 68.0 Å². The molecule has 7 nitrogen and oxygen atoms in total.